The van der Waals surface area contributed by atoms with Gasteiger partial charge in [-0.2, -0.15) is 0 Å². The number of phosphoric ester groups is 1. The maximum atomic E-state index is 10.2. The van der Waals surface area contributed by atoms with E-state index >= 15 is 0 Å². The zero-order chi connectivity index (χ0) is 17.2. The molecule has 0 saturated carbocycles. The van der Waals surface area contributed by atoms with Crippen LogP contribution in [0.3, 0.4) is 0 Å². The second-order valence-corrected chi connectivity index (χ2v) is 7.37. The standard InChI is InChI=1S/C18H37O4P.Ni/c1-2-3-4-5-6-7-8-9-10-11-12-13-14-15-16-17-18-22-23(19,20)21;/h9-10H,2-8,11-18H2,1H3,(H2,19,20,21);/q;+2/p-2. The van der Waals surface area contributed by atoms with E-state index in [0.29, 0.717) is 6.42 Å². The zero-order valence-electron chi connectivity index (χ0n) is 15.2. The minimum Gasteiger partial charge on any atom is -0.790 e. The third-order valence-corrected chi connectivity index (χ3v) is 4.40. The van der Waals surface area contributed by atoms with Crippen LogP contribution in [0, 0.1) is 0 Å². The van der Waals surface area contributed by atoms with Crippen molar-refractivity contribution in [3.63, 3.8) is 0 Å². The van der Waals surface area contributed by atoms with Crippen molar-refractivity contribution in [2.75, 3.05) is 6.61 Å². The fourth-order valence-electron chi connectivity index (χ4n) is 2.53. The molecule has 0 unspecified atom stereocenters. The van der Waals surface area contributed by atoms with Crippen molar-refractivity contribution in [2.24, 2.45) is 0 Å². The van der Waals surface area contributed by atoms with Crippen molar-refractivity contribution in [3.8, 4) is 0 Å². The molecule has 0 heterocycles. The van der Waals surface area contributed by atoms with Crippen LogP contribution in [0.5, 0.6) is 0 Å². The van der Waals surface area contributed by atoms with Gasteiger partial charge in [-0.1, -0.05) is 76.9 Å². The fourth-order valence-corrected chi connectivity index (χ4v) is 2.88. The quantitative estimate of drug-likeness (QED) is 0.150. The van der Waals surface area contributed by atoms with Gasteiger partial charge in [0, 0.05) is 0 Å². The second kappa shape index (κ2) is 19.7. The first-order chi connectivity index (χ1) is 11.1. The summed E-state index contributed by atoms with van der Waals surface area (Å²) in [7, 11) is -4.76. The van der Waals surface area contributed by atoms with Gasteiger partial charge in [0.2, 0.25) is 0 Å². The topological polar surface area (TPSA) is 72.4 Å². The summed E-state index contributed by atoms with van der Waals surface area (Å²) in [6.45, 7) is 2.28. The molecule has 0 saturated heterocycles. The molecule has 0 radical (unpaired) electrons. The molecule has 0 bridgehead atoms. The summed E-state index contributed by atoms with van der Waals surface area (Å²) in [5.74, 6) is 0. The molecule has 4 nitrogen and oxygen atoms in total. The molecule has 0 N–H and O–H groups in total. The SMILES string of the molecule is CCCCCCCCC=CCCCCCCCCOP(=O)([O-])[O-].[Ni+2]. The molecule has 0 amide bonds. The van der Waals surface area contributed by atoms with Gasteiger partial charge < -0.3 is 18.9 Å². The molecule has 0 aliphatic carbocycles. The van der Waals surface area contributed by atoms with Gasteiger partial charge in [0.25, 0.3) is 0 Å². The smallest absolute Gasteiger partial charge is 0.790 e. The molecule has 24 heavy (non-hydrogen) atoms. The zero-order valence-corrected chi connectivity index (χ0v) is 17.0. The molecule has 0 aromatic heterocycles. The van der Waals surface area contributed by atoms with Crippen molar-refractivity contribution in [1.29, 1.82) is 0 Å². The molecule has 0 aliphatic heterocycles. The predicted octanol–water partition coefficient (Wildman–Crippen LogP) is 4.87. The minimum atomic E-state index is -4.76. The van der Waals surface area contributed by atoms with Crippen molar-refractivity contribution < 1.29 is 35.4 Å². The molecule has 0 aliphatic rings. The Kier molecular flexibility index (Phi) is 21.8. The second-order valence-electron chi connectivity index (χ2n) is 6.22. The van der Waals surface area contributed by atoms with Crippen LogP contribution in [0.15, 0.2) is 12.2 Å². The van der Waals surface area contributed by atoms with Crippen molar-refractivity contribution in [2.45, 2.75) is 96.8 Å². The Bertz CT molecular complexity index is 318. The number of hydrogen-bond donors (Lipinski definition) is 0. The Labute approximate surface area is 159 Å². The van der Waals surface area contributed by atoms with Crippen LogP contribution in [-0.4, -0.2) is 6.61 Å². The Morgan fingerprint density at radius 3 is 1.62 bits per heavy atom. The number of hydrogen-bond acceptors (Lipinski definition) is 4. The fraction of sp³-hybridized carbons (Fsp3) is 0.889. The summed E-state index contributed by atoms with van der Waals surface area (Å²) < 4.78 is 14.4. The summed E-state index contributed by atoms with van der Waals surface area (Å²) in [4.78, 5) is 20.5. The van der Waals surface area contributed by atoms with Crippen LogP contribution >= 0.6 is 7.82 Å². The van der Waals surface area contributed by atoms with Crippen molar-refractivity contribution in [1.82, 2.24) is 0 Å². The molecule has 0 rings (SSSR count). The summed E-state index contributed by atoms with van der Waals surface area (Å²) in [5.41, 5.74) is 0. The van der Waals surface area contributed by atoms with Gasteiger partial charge in [-0.15, -0.1) is 0 Å². The molecule has 0 spiro atoms. The number of allylic oxidation sites excluding steroid dienone is 2. The Balaban J connectivity index is 0. The van der Waals surface area contributed by atoms with E-state index < -0.39 is 7.82 Å². The van der Waals surface area contributed by atoms with Crippen LogP contribution < -0.4 is 9.79 Å². The van der Waals surface area contributed by atoms with Gasteiger partial charge in [-0.3, -0.25) is 0 Å². The first kappa shape index (κ1) is 26.6. The molecule has 6 heteroatoms. The number of unbranched alkanes of at least 4 members (excludes halogenated alkanes) is 12. The summed E-state index contributed by atoms with van der Waals surface area (Å²) in [5, 5.41) is 0. The Morgan fingerprint density at radius 1 is 0.750 bits per heavy atom. The van der Waals surface area contributed by atoms with E-state index in [2.05, 4.69) is 23.6 Å². The molecule has 146 valence electrons. The van der Waals surface area contributed by atoms with Gasteiger partial charge >= 0.3 is 16.5 Å². The van der Waals surface area contributed by atoms with Crippen molar-refractivity contribution >= 4 is 7.82 Å². The van der Waals surface area contributed by atoms with E-state index in [1.165, 1.54) is 57.8 Å². The van der Waals surface area contributed by atoms with Gasteiger partial charge in [0.05, 0.1) is 14.4 Å². The monoisotopic (exact) mass is 404 g/mol. The van der Waals surface area contributed by atoms with Crippen LogP contribution in [0.25, 0.3) is 0 Å². The van der Waals surface area contributed by atoms with E-state index in [1.54, 1.807) is 0 Å². The van der Waals surface area contributed by atoms with Crippen LogP contribution in [0.1, 0.15) is 96.8 Å². The first-order valence-electron chi connectivity index (χ1n) is 9.38. The van der Waals surface area contributed by atoms with Gasteiger partial charge in [0.1, 0.15) is 0 Å². The third-order valence-electron chi connectivity index (χ3n) is 3.91. The number of rotatable bonds is 17. The Morgan fingerprint density at radius 2 is 1.17 bits per heavy atom. The van der Waals surface area contributed by atoms with Gasteiger partial charge in [-0.05, 0) is 32.1 Å². The molecular weight excluding hydrogens is 370 g/mol. The van der Waals surface area contributed by atoms with E-state index in [1.807, 2.05) is 0 Å². The summed E-state index contributed by atoms with van der Waals surface area (Å²) >= 11 is 0. The largest absolute Gasteiger partial charge is 2.00 e. The maximum Gasteiger partial charge on any atom is 2.00 e. The molecular formula is C18H35NiO4P. The van der Waals surface area contributed by atoms with Crippen LogP contribution in [-0.2, 0) is 25.6 Å². The molecule has 0 aromatic carbocycles. The maximum absolute atomic E-state index is 10.2. The molecule has 0 atom stereocenters. The number of phosphoric acid groups is 1. The predicted molar refractivity (Wildman–Crippen MR) is 93.0 cm³/mol. The first-order valence-corrected chi connectivity index (χ1v) is 10.8. The summed E-state index contributed by atoms with van der Waals surface area (Å²) in [6, 6.07) is 0. The van der Waals surface area contributed by atoms with Crippen LogP contribution in [0.2, 0.25) is 0 Å². The normalized spacial score (nSPS) is 11.8. The summed E-state index contributed by atoms with van der Waals surface area (Å²) in [6.07, 6.45) is 21.4. The molecule has 0 fully saturated rings. The average molecular weight is 405 g/mol. The van der Waals surface area contributed by atoms with Crippen LogP contribution in [0.4, 0.5) is 0 Å². The Hall–Kier alpha value is 0.344. The van der Waals surface area contributed by atoms with Crippen molar-refractivity contribution in [3.05, 3.63) is 12.2 Å². The van der Waals surface area contributed by atoms with Gasteiger partial charge in [-0.25, -0.2) is 0 Å². The minimum absolute atomic E-state index is 0. The molecule has 0 aromatic rings. The van der Waals surface area contributed by atoms with E-state index in [4.69, 9.17) is 0 Å². The van der Waals surface area contributed by atoms with Gasteiger partial charge in [0.15, 0.2) is 0 Å². The average Bonchev–Trinajstić information content (AvgIpc) is 2.49. The van der Waals surface area contributed by atoms with E-state index in [-0.39, 0.29) is 23.1 Å². The van der Waals surface area contributed by atoms with E-state index in [9.17, 15) is 14.4 Å². The van der Waals surface area contributed by atoms with E-state index in [0.717, 1.165) is 25.7 Å². The third kappa shape index (κ3) is 24.6.